The molecule has 7 rings (SSSR count). The van der Waals surface area contributed by atoms with E-state index < -0.39 is 0 Å². The number of para-hydroxylation sites is 1. The first-order chi connectivity index (χ1) is 17.7. The van der Waals surface area contributed by atoms with Crippen LogP contribution in [0.25, 0.3) is 43.6 Å². The summed E-state index contributed by atoms with van der Waals surface area (Å²) in [5.74, 6) is -0.0436. The highest BCUT2D eigenvalue weighted by atomic mass is 32.1. The van der Waals surface area contributed by atoms with E-state index in [1.165, 1.54) is 11.3 Å². The van der Waals surface area contributed by atoms with Gasteiger partial charge in [0, 0.05) is 22.4 Å². The lowest BCUT2D eigenvalue weighted by Crippen LogP contribution is -2.04. The van der Waals surface area contributed by atoms with Gasteiger partial charge in [-0.25, -0.2) is 9.97 Å². The van der Waals surface area contributed by atoms with Gasteiger partial charge in [0.15, 0.2) is 22.0 Å². The summed E-state index contributed by atoms with van der Waals surface area (Å²) in [4.78, 5) is 37.2. The molecule has 170 valence electrons. The van der Waals surface area contributed by atoms with Crippen LogP contribution in [-0.2, 0) is 0 Å². The zero-order chi connectivity index (χ0) is 24.2. The minimum Gasteiger partial charge on any atom is -0.288 e. The van der Waals surface area contributed by atoms with E-state index in [0.717, 1.165) is 31.9 Å². The van der Waals surface area contributed by atoms with Crippen molar-refractivity contribution in [1.29, 1.82) is 0 Å². The first-order valence-electron chi connectivity index (χ1n) is 11.5. The van der Waals surface area contributed by atoms with Crippen molar-refractivity contribution in [1.82, 2.24) is 14.5 Å². The maximum atomic E-state index is 13.4. The quantitative estimate of drug-likeness (QED) is 0.206. The lowest BCUT2D eigenvalue weighted by molar-refractivity contribution is 0.0990. The van der Waals surface area contributed by atoms with Crippen molar-refractivity contribution >= 4 is 50.2 Å². The molecule has 0 aliphatic heterocycles. The van der Waals surface area contributed by atoms with Gasteiger partial charge in [-0.1, -0.05) is 84.1 Å². The van der Waals surface area contributed by atoms with Crippen LogP contribution in [-0.4, -0.2) is 26.1 Å². The summed E-state index contributed by atoms with van der Waals surface area (Å²) in [5.41, 5.74) is 3.57. The minimum absolute atomic E-state index is 0.124. The van der Waals surface area contributed by atoms with Crippen LogP contribution in [0.4, 0.5) is 0 Å². The Morgan fingerprint density at radius 3 is 1.92 bits per heavy atom. The van der Waals surface area contributed by atoms with Crippen molar-refractivity contribution in [3.05, 3.63) is 120 Å². The van der Waals surface area contributed by atoms with Crippen LogP contribution in [0.3, 0.4) is 0 Å². The number of hydrogen-bond donors (Lipinski definition) is 0. The number of benzene rings is 4. The molecule has 0 spiro atoms. The third-order valence-electron chi connectivity index (χ3n) is 6.42. The Morgan fingerprint density at radius 1 is 0.694 bits per heavy atom. The molecule has 1 aliphatic rings. The number of aromatic nitrogens is 3. The Bertz CT molecular complexity index is 1810. The largest absolute Gasteiger partial charge is 0.288 e. The topological polar surface area (TPSA) is 64.8 Å². The predicted octanol–water partition coefficient (Wildman–Crippen LogP) is 6.76. The standard InChI is InChI=1S/C30H17N3O2S/c34-26-22-15-19-11-7-8-12-20(19)16-23(22)27(35)24(26)17-25-31-30-28(33(25)21-13-5-2-6-14-21)32-29(36-30)18-9-3-1-4-10-18/h1-17H. The van der Waals surface area contributed by atoms with Gasteiger partial charge in [-0.15, -0.1) is 0 Å². The number of allylic oxidation sites excluding steroid dienone is 1. The van der Waals surface area contributed by atoms with Crippen LogP contribution in [0.2, 0.25) is 0 Å². The molecule has 0 amide bonds. The van der Waals surface area contributed by atoms with Gasteiger partial charge in [-0.2, -0.15) is 0 Å². The molecule has 2 heterocycles. The molecule has 0 unspecified atom stereocenters. The molecule has 0 bridgehead atoms. The number of Topliss-reactive ketones (excluding diaryl/α,β-unsaturated/α-hetero) is 2. The number of ketones is 2. The lowest BCUT2D eigenvalue weighted by atomic mass is 10.0. The SMILES string of the molecule is O=C1C(=Cc2nc3sc(-c4ccccc4)nc3n2-c2ccccc2)C(=O)c2cc3ccccc3cc21. The highest BCUT2D eigenvalue weighted by Crippen LogP contribution is 2.35. The Balaban J connectivity index is 1.40. The van der Waals surface area contributed by atoms with Crippen molar-refractivity contribution in [3.8, 4) is 16.3 Å². The molecule has 0 N–H and O–H groups in total. The molecule has 4 aromatic carbocycles. The zero-order valence-corrected chi connectivity index (χ0v) is 19.7. The van der Waals surface area contributed by atoms with Gasteiger partial charge in [-0.3, -0.25) is 14.2 Å². The molecule has 2 aromatic heterocycles. The maximum Gasteiger partial charge on any atom is 0.197 e. The molecule has 0 radical (unpaired) electrons. The second-order valence-electron chi connectivity index (χ2n) is 8.62. The van der Waals surface area contributed by atoms with Crippen LogP contribution in [0, 0.1) is 0 Å². The fourth-order valence-electron chi connectivity index (χ4n) is 4.69. The Kier molecular flexibility index (Phi) is 4.56. The van der Waals surface area contributed by atoms with E-state index in [2.05, 4.69) is 0 Å². The molecular weight excluding hydrogens is 466 g/mol. The average molecular weight is 484 g/mol. The predicted molar refractivity (Wildman–Crippen MR) is 143 cm³/mol. The van der Waals surface area contributed by atoms with E-state index in [4.69, 9.17) is 9.97 Å². The first-order valence-corrected chi connectivity index (χ1v) is 12.3. The summed E-state index contributed by atoms with van der Waals surface area (Å²) in [7, 11) is 0. The number of imidazole rings is 1. The van der Waals surface area contributed by atoms with E-state index in [1.807, 2.05) is 102 Å². The highest BCUT2D eigenvalue weighted by molar-refractivity contribution is 7.21. The van der Waals surface area contributed by atoms with Gasteiger partial charge in [0.25, 0.3) is 0 Å². The van der Waals surface area contributed by atoms with E-state index in [9.17, 15) is 9.59 Å². The summed E-state index contributed by atoms with van der Waals surface area (Å²) >= 11 is 1.49. The van der Waals surface area contributed by atoms with E-state index in [1.54, 1.807) is 6.08 Å². The third kappa shape index (κ3) is 3.16. The van der Waals surface area contributed by atoms with Gasteiger partial charge in [-0.05, 0) is 41.1 Å². The first kappa shape index (κ1) is 20.7. The molecule has 5 nitrogen and oxygen atoms in total. The van der Waals surface area contributed by atoms with Gasteiger partial charge < -0.3 is 0 Å². The van der Waals surface area contributed by atoms with Crippen LogP contribution in [0.5, 0.6) is 0 Å². The molecule has 6 aromatic rings. The molecule has 0 atom stereocenters. The Morgan fingerprint density at radius 2 is 1.28 bits per heavy atom. The average Bonchev–Trinajstić information content (AvgIpc) is 3.55. The monoisotopic (exact) mass is 483 g/mol. The van der Waals surface area contributed by atoms with Gasteiger partial charge in [0.2, 0.25) is 0 Å². The van der Waals surface area contributed by atoms with Crippen LogP contribution >= 0.6 is 11.3 Å². The summed E-state index contributed by atoms with van der Waals surface area (Å²) in [6.45, 7) is 0. The second kappa shape index (κ2) is 7.93. The Labute approximate surface area is 210 Å². The van der Waals surface area contributed by atoms with Gasteiger partial charge in [0.05, 0.1) is 5.57 Å². The third-order valence-corrected chi connectivity index (χ3v) is 7.41. The maximum absolute atomic E-state index is 13.4. The summed E-state index contributed by atoms with van der Waals surface area (Å²) in [5, 5.41) is 2.73. The van der Waals surface area contributed by atoms with Crippen molar-refractivity contribution < 1.29 is 9.59 Å². The number of fused-ring (bicyclic) bond motifs is 3. The number of carbonyl (C=O) groups is 2. The summed E-state index contributed by atoms with van der Waals surface area (Å²) in [6, 6.07) is 31.1. The molecular formula is C30H17N3O2S. The second-order valence-corrected chi connectivity index (χ2v) is 9.59. The van der Waals surface area contributed by atoms with E-state index >= 15 is 0 Å². The molecule has 0 saturated heterocycles. The zero-order valence-electron chi connectivity index (χ0n) is 18.9. The fraction of sp³-hybridized carbons (Fsp3) is 0. The number of carbonyl (C=O) groups excluding carboxylic acids is 2. The molecule has 6 heteroatoms. The molecule has 0 fully saturated rings. The fourth-order valence-corrected chi connectivity index (χ4v) is 5.62. The lowest BCUT2D eigenvalue weighted by Gasteiger charge is -2.06. The number of hydrogen-bond acceptors (Lipinski definition) is 5. The van der Waals surface area contributed by atoms with Crippen LogP contribution in [0.15, 0.2) is 103 Å². The summed E-state index contributed by atoms with van der Waals surface area (Å²) in [6.07, 6.45) is 1.61. The smallest absolute Gasteiger partial charge is 0.197 e. The van der Waals surface area contributed by atoms with Crippen molar-refractivity contribution in [2.75, 3.05) is 0 Å². The number of nitrogens with zero attached hydrogens (tertiary/aromatic N) is 3. The van der Waals surface area contributed by atoms with Crippen molar-refractivity contribution in [2.24, 2.45) is 0 Å². The molecule has 1 aliphatic carbocycles. The van der Waals surface area contributed by atoms with Crippen LogP contribution in [0.1, 0.15) is 26.5 Å². The van der Waals surface area contributed by atoms with Gasteiger partial charge >= 0.3 is 0 Å². The summed E-state index contributed by atoms with van der Waals surface area (Å²) < 4.78 is 1.91. The Hall–Kier alpha value is -4.68. The van der Waals surface area contributed by atoms with Crippen LogP contribution < -0.4 is 0 Å². The number of thiazole rings is 1. The number of rotatable bonds is 3. The highest BCUT2D eigenvalue weighted by Gasteiger charge is 2.34. The van der Waals surface area contributed by atoms with Crippen molar-refractivity contribution in [3.63, 3.8) is 0 Å². The normalized spacial score (nSPS) is 13.1. The van der Waals surface area contributed by atoms with Gasteiger partial charge in [0.1, 0.15) is 10.8 Å². The van der Waals surface area contributed by atoms with E-state index in [0.29, 0.717) is 22.6 Å². The van der Waals surface area contributed by atoms with E-state index in [-0.39, 0.29) is 17.1 Å². The minimum atomic E-state index is -0.273. The van der Waals surface area contributed by atoms with Crippen molar-refractivity contribution in [2.45, 2.75) is 0 Å². The molecule has 36 heavy (non-hydrogen) atoms. The molecule has 0 saturated carbocycles.